The van der Waals surface area contributed by atoms with Crippen molar-refractivity contribution in [1.82, 2.24) is 9.38 Å². The summed E-state index contributed by atoms with van der Waals surface area (Å²) in [6.45, 7) is 2.05. The molecule has 0 radical (unpaired) electrons. The normalized spacial score (nSPS) is 11.2. The lowest BCUT2D eigenvalue weighted by atomic mass is 10.1. The van der Waals surface area contributed by atoms with Gasteiger partial charge in [0.15, 0.2) is 4.96 Å². The van der Waals surface area contributed by atoms with E-state index in [4.69, 9.17) is 4.74 Å². The van der Waals surface area contributed by atoms with Crippen LogP contribution in [0.5, 0.6) is 5.75 Å². The Labute approximate surface area is 143 Å². The average Bonchev–Trinajstić information content (AvgIpc) is 2.95. The number of benzene rings is 2. The highest BCUT2D eigenvalue weighted by molar-refractivity contribution is 7.23. The van der Waals surface area contributed by atoms with Gasteiger partial charge >= 0.3 is 0 Å². The van der Waals surface area contributed by atoms with Crippen molar-refractivity contribution in [1.29, 1.82) is 0 Å². The van der Waals surface area contributed by atoms with Crippen molar-refractivity contribution in [3.63, 3.8) is 0 Å². The molecule has 0 amide bonds. The van der Waals surface area contributed by atoms with Gasteiger partial charge < -0.3 is 4.74 Å². The van der Waals surface area contributed by atoms with Crippen LogP contribution < -0.4 is 10.3 Å². The van der Waals surface area contributed by atoms with Gasteiger partial charge in [-0.2, -0.15) is 0 Å². The maximum atomic E-state index is 12.9. The van der Waals surface area contributed by atoms with Crippen LogP contribution in [0.3, 0.4) is 0 Å². The Morgan fingerprint density at radius 1 is 1.21 bits per heavy atom. The standard InChI is InChI=1S/C19H16N2O2S/c1-12-6-7-16-17(8-12)24-19-20-11-14(18(22)21(16)19)9-13-4-3-5-15(10-13)23-2/h3-8,10-11H,9H2,1-2H3. The van der Waals surface area contributed by atoms with Gasteiger partial charge in [-0.1, -0.05) is 29.5 Å². The largest absolute Gasteiger partial charge is 0.497 e. The summed E-state index contributed by atoms with van der Waals surface area (Å²) in [5.41, 5.74) is 3.81. The molecule has 0 saturated carbocycles. The van der Waals surface area contributed by atoms with E-state index < -0.39 is 0 Å². The van der Waals surface area contributed by atoms with Crippen LogP contribution in [0.1, 0.15) is 16.7 Å². The molecule has 4 rings (SSSR count). The SMILES string of the molecule is COc1cccc(Cc2cnc3sc4cc(C)ccc4n3c2=O)c1. The van der Waals surface area contributed by atoms with Crippen LogP contribution in [0.4, 0.5) is 0 Å². The van der Waals surface area contributed by atoms with Crippen molar-refractivity contribution in [3.05, 3.63) is 75.7 Å². The lowest BCUT2D eigenvalue weighted by Gasteiger charge is -2.05. The molecular formula is C19H16N2O2S. The van der Waals surface area contributed by atoms with E-state index in [1.165, 1.54) is 5.56 Å². The Balaban J connectivity index is 1.86. The number of fused-ring (bicyclic) bond motifs is 3. The summed E-state index contributed by atoms with van der Waals surface area (Å²) in [7, 11) is 1.64. The second kappa shape index (κ2) is 5.76. The molecule has 2 heterocycles. The van der Waals surface area contributed by atoms with Gasteiger partial charge in [-0.25, -0.2) is 4.98 Å². The Morgan fingerprint density at radius 2 is 2.08 bits per heavy atom. The molecule has 4 nitrogen and oxygen atoms in total. The third kappa shape index (κ3) is 2.47. The van der Waals surface area contributed by atoms with Crippen molar-refractivity contribution in [3.8, 4) is 5.75 Å². The van der Waals surface area contributed by atoms with Crippen LogP contribution in [0.15, 0.2) is 53.5 Å². The van der Waals surface area contributed by atoms with Crippen LogP contribution in [0.2, 0.25) is 0 Å². The maximum absolute atomic E-state index is 12.9. The van der Waals surface area contributed by atoms with Crippen LogP contribution in [0.25, 0.3) is 15.2 Å². The first-order valence-corrected chi connectivity index (χ1v) is 8.50. The first-order chi connectivity index (χ1) is 11.7. The second-order valence-electron chi connectivity index (χ2n) is 5.81. The molecule has 2 aromatic heterocycles. The minimum Gasteiger partial charge on any atom is -0.497 e. The zero-order chi connectivity index (χ0) is 16.7. The molecule has 120 valence electrons. The maximum Gasteiger partial charge on any atom is 0.262 e. The number of nitrogens with zero attached hydrogens (tertiary/aromatic N) is 2. The Hall–Kier alpha value is -2.66. The zero-order valence-electron chi connectivity index (χ0n) is 13.4. The van der Waals surface area contributed by atoms with E-state index in [2.05, 4.69) is 11.1 Å². The first kappa shape index (κ1) is 14.9. The number of methoxy groups -OCH3 is 1. The fourth-order valence-corrected chi connectivity index (χ4v) is 3.95. The van der Waals surface area contributed by atoms with Gasteiger partial charge in [0.25, 0.3) is 5.56 Å². The van der Waals surface area contributed by atoms with E-state index in [1.54, 1.807) is 29.0 Å². The molecular weight excluding hydrogens is 320 g/mol. The topological polar surface area (TPSA) is 43.6 Å². The van der Waals surface area contributed by atoms with Gasteiger partial charge in [-0.3, -0.25) is 9.20 Å². The third-order valence-electron chi connectivity index (χ3n) is 4.09. The number of aryl methyl sites for hydroxylation is 1. The first-order valence-electron chi connectivity index (χ1n) is 7.68. The number of rotatable bonds is 3. The molecule has 4 aromatic rings. The smallest absolute Gasteiger partial charge is 0.262 e. The van der Waals surface area contributed by atoms with Crippen molar-refractivity contribution in [2.45, 2.75) is 13.3 Å². The zero-order valence-corrected chi connectivity index (χ0v) is 14.3. The molecule has 0 aliphatic carbocycles. The van der Waals surface area contributed by atoms with Gasteiger partial charge in [-0.05, 0) is 42.3 Å². The summed E-state index contributed by atoms with van der Waals surface area (Å²) < 4.78 is 8.05. The highest BCUT2D eigenvalue weighted by Crippen LogP contribution is 2.25. The Morgan fingerprint density at radius 3 is 2.92 bits per heavy atom. The van der Waals surface area contributed by atoms with Gasteiger partial charge in [0.05, 0.1) is 17.3 Å². The Kier molecular flexibility index (Phi) is 3.58. The average molecular weight is 336 g/mol. The summed E-state index contributed by atoms with van der Waals surface area (Å²) in [6, 6.07) is 13.9. The summed E-state index contributed by atoms with van der Waals surface area (Å²) >= 11 is 1.54. The molecule has 0 spiro atoms. The molecule has 2 aromatic carbocycles. The van der Waals surface area contributed by atoms with E-state index in [1.807, 2.05) is 43.3 Å². The highest BCUT2D eigenvalue weighted by atomic mass is 32.1. The van der Waals surface area contributed by atoms with Gasteiger partial charge in [0.1, 0.15) is 5.75 Å². The van der Waals surface area contributed by atoms with E-state index in [-0.39, 0.29) is 5.56 Å². The van der Waals surface area contributed by atoms with Crippen molar-refractivity contribution in [2.75, 3.05) is 7.11 Å². The summed E-state index contributed by atoms with van der Waals surface area (Å²) in [5.74, 6) is 0.790. The number of hydrogen-bond donors (Lipinski definition) is 0. The van der Waals surface area contributed by atoms with E-state index >= 15 is 0 Å². The number of hydrogen-bond acceptors (Lipinski definition) is 4. The quantitative estimate of drug-likeness (QED) is 0.571. The molecule has 24 heavy (non-hydrogen) atoms. The predicted molar refractivity (Wildman–Crippen MR) is 97.4 cm³/mol. The van der Waals surface area contributed by atoms with E-state index in [0.29, 0.717) is 12.0 Å². The molecule has 0 saturated heterocycles. The van der Waals surface area contributed by atoms with Crippen LogP contribution in [0, 0.1) is 6.92 Å². The molecule has 0 unspecified atom stereocenters. The van der Waals surface area contributed by atoms with Gasteiger partial charge in [-0.15, -0.1) is 0 Å². The van der Waals surface area contributed by atoms with Gasteiger partial charge in [0, 0.05) is 18.2 Å². The summed E-state index contributed by atoms with van der Waals surface area (Å²) in [4.78, 5) is 18.2. The minimum atomic E-state index is -0.00192. The van der Waals surface area contributed by atoms with E-state index in [9.17, 15) is 4.79 Å². The summed E-state index contributed by atoms with van der Waals surface area (Å²) in [5, 5.41) is 0. The van der Waals surface area contributed by atoms with Crippen molar-refractivity contribution < 1.29 is 4.74 Å². The highest BCUT2D eigenvalue weighted by Gasteiger charge is 2.12. The fraction of sp³-hybridized carbons (Fsp3) is 0.158. The fourth-order valence-electron chi connectivity index (χ4n) is 2.87. The Bertz CT molecular complexity index is 1110. The van der Waals surface area contributed by atoms with E-state index in [0.717, 1.165) is 26.5 Å². The molecule has 0 aliphatic rings. The molecule has 0 fully saturated rings. The van der Waals surface area contributed by atoms with Crippen LogP contribution in [-0.4, -0.2) is 16.5 Å². The minimum absolute atomic E-state index is 0.00192. The predicted octanol–water partition coefficient (Wildman–Crippen LogP) is 3.82. The monoisotopic (exact) mass is 336 g/mol. The van der Waals surface area contributed by atoms with Crippen molar-refractivity contribution >= 4 is 26.5 Å². The van der Waals surface area contributed by atoms with Crippen LogP contribution in [-0.2, 0) is 6.42 Å². The van der Waals surface area contributed by atoms with Crippen LogP contribution >= 0.6 is 11.3 Å². The van der Waals surface area contributed by atoms with Gasteiger partial charge in [0.2, 0.25) is 0 Å². The number of thiazole rings is 1. The van der Waals surface area contributed by atoms with Crippen molar-refractivity contribution in [2.24, 2.45) is 0 Å². The molecule has 0 atom stereocenters. The molecule has 0 bridgehead atoms. The molecule has 5 heteroatoms. The molecule has 0 N–H and O–H groups in total. The number of aromatic nitrogens is 2. The second-order valence-corrected chi connectivity index (χ2v) is 6.82. The lowest BCUT2D eigenvalue weighted by Crippen LogP contribution is -2.18. The summed E-state index contributed by atoms with van der Waals surface area (Å²) in [6.07, 6.45) is 2.23. The third-order valence-corrected chi connectivity index (χ3v) is 5.10. The number of ether oxygens (including phenoxy) is 1. The lowest BCUT2D eigenvalue weighted by molar-refractivity contribution is 0.414. The molecule has 0 aliphatic heterocycles.